The lowest BCUT2D eigenvalue weighted by molar-refractivity contribution is -0.114. The number of rotatable bonds is 5. The van der Waals surface area contributed by atoms with Crippen molar-refractivity contribution < 1.29 is 9.90 Å². The highest BCUT2D eigenvalue weighted by molar-refractivity contribution is 5.88. The first-order valence-electron chi connectivity index (χ1n) is 8.50. The second-order valence-corrected chi connectivity index (χ2v) is 6.32. The Morgan fingerprint density at radius 3 is 2.36 bits per heavy atom. The van der Waals surface area contributed by atoms with Crippen LogP contribution < -0.4 is 16.0 Å². The zero-order valence-corrected chi connectivity index (χ0v) is 14.2. The average molecular weight is 341 g/mol. The minimum absolute atomic E-state index is 0.0949. The van der Waals surface area contributed by atoms with Crippen LogP contribution in [0.15, 0.2) is 36.7 Å². The monoisotopic (exact) mass is 341 g/mol. The normalized spacial score (nSPS) is 19.9. The molecular weight excluding hydrogens is 318 g/mol. The lowest BCUT2D eigenvalue weighted by Crippen LogP contribution is -2.28. The summed E-state index contributed by atoms with van der Waals surface area (Å²) in [6.07, 6.45) is 4.90. The highest BCUT2D eigenvalue weighted by atomic mass is 16.3. The van der Waals surface area contributed by atoms with E-state index in [1.54, 1.807) is 0 Å². The molecule has 0 aliphatic heterocycles. The third-order valence-corrected chi connectivity index (χ3v) is 4.19. The number of benzene rings is 1. The molecule has 3 rings (SSSR count). The van der Waals surface area contributed by atoms with E-state index in [0.717, 1.165) is 42.9 Å². The van der Waals surface area contributed by atoms with Gasteiger partial charge in [0.25, 0.3) is 0 Å². The van der Waals surface area contributed by atoms with Crippen LogP contribution in [-0.4, -0.2) is 33.1 Å². The van der Waals surface area contributed by atoms with Crippen LogP contribution in [0.5, 0.6) is 0 Å². The molecule has 0 spiro atoms. The number of carbonyl (C=O) groups excluding carboxylic acids is 1. The van der Waals surface area contributed by atoms with E-state index >= 15 is 0 Å². The maximum absolute atomic E-state index is 11.0. The van der Waals surface area contributed by atoms with Crippen LogP contribution in [0.1, 0.15) is 32.6 Å². The van der Waals surface area contributed by atoms with Crippen molar-refractivity contribution >= 4 is 28.9 Å². The summed E-state index contributed by atoms with van der Waals surface area (Å²) in [5.41, 5.74) is 1.63. The van der Waals surface area contributed by atoms with Crippen LogP contribution in [0, 0.1) is 0 Å². The minimum atomic E-state index is -0.166. The number of nitrogens with one attached hydrogen (secondary N) is 3. The summed E-state index contributed by atoms with van der Waals surface area (Å²) >= 11 is 0. The summed E-state index contributed by atoms with van der Waals surface area (Å²) in [5, 5.41) is 18.9. The molecule has 25 heavy (non-hydrogen) atoms. The molecule has 1 aliphatic rings. The molecule has 0 saturated heterocycles. The summed E-state index contributed by atoms with van der Waals surface area (Å²) < 4.78 is 0. The molecule has 1 fully saturated rings. The number of amides is 1. The molecule has 0 atom stereocenters. The summed E-state index contributed by atoms with van der Waals surface area (Å²) in [6.45, 7) is 1.48. The van der Waals surface area contributed by atoms with Crippen molar-refractivity contribution in [3.63, 3.8) is 0 Å². The van der Waals surface area contributed by atoms with E-state index in [1.165, 1.54) is 13.3 Å². The maximum atomic E-state index is 11.0. The third kappa shape index (κ3) is 5.15. The number of aliphatic hydroxyl groups is 1. The maximum Gasteiger partial charge on any atom is 0.221 e. The van der Waals surface area contributed by atoms with Gasteiger partial charge in [-0.05, 0) is 49.9 Å². The fourth-order valence-electron chi connectivity index (χ4n) is 2.92. The van der Waals surface area contributed by atoms with Gasteiger partial charge in [-0.3, -0.25) is 4.79 Å². The Kier molecular flexibility index (Phi) is 5.45. The van der Waals surface area contributed by atoms with E-state index in [0.29, 0.717) is 11.9 Å². The van der Waals surface area contributed by atoms with Gasteiger partial charge in [0.2, 0.25) is 5.91 Å². The fourth-order valence-corrected chi connectivity index (χ4v) is 2.92. The van der Waals surface area contributed by atoms with E-state index in [-0.39, 0.29) is 12.0 Å². The molecule has 1 saturated carbocycles. The summed E-state index contributed by atoms with van der Waals surface area (Å²) in [4.78, 5) is 19.6. The predicted molar refractivity (Wildman–Crippen MR) is 97.9 cm³/mol. The zero-order chi connectivity index (χ0) is 17.6. The van der Waals surface area contributed by atoms with Gasteiger partial charge >= 0.3 is 0 Å². The van der Waals surface area contributed by atoms with Crippen LogP contribution in [0.4, 0.5) is 23.0 Å². The number of aromatic nitrogens is 2. The van der Waals surface area contributed by atoms with Gasteiger partial charge < -0.3 is 21.1 Å². The van der Waals surface area contributed by atoms with Crippen molar-refractivity contribution in [1.29, 1.82) is 0 Å². The van der Waals surface area contributed by atoms with Gasteiger partial charge in [-0.1, -0.05) is 0 Å². The van der Waals surface area contributed by atoms with Crippen LogP contribution >= 0.6 is 0 Å². The molecule has 132 valence electrons. The van der Waals surface area contributed by atoms with Crippen molar-refractivity contribution in [1.82, 2.24) is 9.97 Å². The SMILES string of the molecule is CC(=O)Nc1ccc(Nc2cc(NC3CCC(O)CC3)ncn2)cc1. The molecule has 7 heteroatoms. The lowest BCUT2D eigenvalue weighted by atomic mass is 9.93. The second kappa shape index (κ2) is 7.94. The standard InChI is InChI=1S/C18H23N5O2/c1-12(24)21-13-2-4-14(5-3-13)22-17-10-18(20-11-19-17)23-15-6-8-16(25)9-7-15/h2-5,10-11,15-16,25H,6-9H2,1H3,(H,21,24)(H2,19,20,22,23). The minimum Gasteiger partial charge on any atom is -0.393 e. The van der Waals surface area contributed by atoms with Crippen LogP contribution in [0.2, 0.25) is 0 Å². The van der Waals surface area contributed by atoms with Crippen molar-refractivity contribution in [2.75, 3.05) is 16.0 Å². The van der Waals surface area contributed by atoms with Crippen molar-refractivity contribution in [2.45, 2.75) is 44.8 Å². The molecule has 1 heterocycles. The summed E-state index contributed by atoms with van der Waals surface area (Å²) in [5.74, 6) is 1.37. The number of anilines is 4. The third-order valence-electron chi connectivity index (χ3n) is 4.19. The second-order valence-electron chi connectivity index (χ2n) is 6.32. The Morgan fingerprint density at radius 2 is 1.68 bits per heavy atom. The van der Waals surface area contributed by atoms with E-state index in [2.05, 4.69) is 25.9 Å². The predicted octanol–water partition coefficient (Wildman–Crippen LogP) is 2.89. The zero-order valence-electron chi connectivity index (χ0n) is 14.2. The van der Waals surface area contributed by atoms with Gasteiger partial charge in [-0.15, -0.1) is 0 Å². The fraction of sp³-hybridized carbons (Fsp3) is 0.389. The molecule has 1 aromatic carbocycles. The van der Waals surface area contributed by atoms with Gasteiger partial charge in [-0.25, -0.2) is 9.97 Å². The van der Waals surface area contributed by atoms with Crippen LogP contribution in [0.3, 0.4) is 0 Å². The molecule has 1 aromatic heterocycles. The van der Waals surface area contributed by atoms with E-state index in [4.69, 9.17) is 0 Å². The van der Waals surface area contributed by atoms with Crippen LogP contribution in [-0.2, 0) is 4.79 Å². The molecule has 2 aromatic rings. The Morgan fingerprint density at radius 1 is 1.04 bits per heavy atom. The van der Waals surface area contributed by atoms with Gasteiger partial charge in [0.1, 0.15) is 18.0 Å². The molecule has 1 aliphatic carbocycles. The topological polar surface area (TPSA) is 99.2 Å². The Bertz CT molecular complexity index is 712. The highest BCUT2D eigenvalue weighted by Crippen LogP contribution is 2.23. The average Bonchev–Trinajstić information content (AvgIpc) is 2.59. The number of carbonyl (C=O) groups is 1. The Labute approximate surface area is 146 Å². The van der Waals surface area contributed by atoms with Crippen molar-refractivity contribution in [2.24, 2.45) is 0 Å². The molecule has 7 nitrogen and oxygen atoms in total. The Balaban J connectivity index is 1.60. The Hall–Kier alpha value is -2.67. The first-order chi connectivity index (χ1) is 12.1. The van der Waals surface area contributed by atoms with E-state index in [9.17, 15) is 9.90 Å². The molecular formula is C18H23N5O2. The first-order valence-corrected chi connectivity index (χ1v) is 8.50. The largest absolute Gasteiger partial charge is 0.393 e. The molecule has 4 N–H and O–H groups in total. The summed E-state index contributed by atoms with van der Waals surface area (Å²) in [7, 11) is 0. The van der Waals surface area contributed by atoms with Gasteiger partial charge in [0, 0.05) is 30.4 Å². The van der Waals surface area contributed by atoms with Gasteiger partial charge in [0.15, 0.2) is 0 Å². The number of hydrogen-bond acceptors (Lipinski definition) is 6. The first kappa shape index (κ1) is 17.2. The molecule has 1 amide bonds. The molecule has 0 bridgehead atoms. The number of aliphatic hydroxyl groups excluding tert-OH is 1. The van der Waals surface area contributed by atoms with Gasteiger partial charge in [0.05, 0.1) is 6.10 Å². The quantitative estimate of drug-likeness (QED) is 0.667. The van der Waals surface area contributed by atoms with E-state index < -0.39 is 0 Å². The molecule has 0 radical (unpaired) electrons. The number of hydrogen-bond donors (Lipinski definition) is 4. The van der Waals surface area contributed by atoms with E-state index in [1.807, 2.05) is 30.3 Å². The highest BCUT2D eigenvalue weighted by Gasteiger charge is 2.19. The summed E-state index contributed by atoms with van der Waals surface area (Å²) in [6, 6.07) is 9.62. The number of nitrogens with zero attached hydrogens (tertiary/aromatic N) is 2. The van der Waals surface area contributed by atoms with Crippen molar-refractivity contribution in [3.05, 3.63) is 36.7 Å². The lowest BCUT2D eigenvalue weighted by Gasteiger charge is -2.26. The van der Waals surface area contributed by atoms with Gasteiger partial charge in [-0.2, -0.15) is 0 Å². The van der Waals surface area contributed by atoms with Crippen molar-refractivity contribution in [3.8, 4) is 0 Å². The van der Waals surface area contributed by atoms with Crippen LogP contribution in [0.25, 0.3) is 0 Å². The smallest absolute Gasteiger partial charge is 0.221 e. The molecule has 0 unspecified atom stereocenters.